The zero-order chi connectivity index (χ0) is 27.8. The molecule has 5 rings (SSSR count). The van der Waals surface area contributed by atoms with Gasteiger partial charge in [-0.25, -0.2) is 4.79 Å². The summed E-state index contributed by atoms with van der Waals surface area (Å²) < 4.78 is 11.9. The van der Waals surface area contributed by atoms with E-state index in [4.69, 9.17) is 26.2 Å². The molecule has 8 nitrogen and oxygen atoms in total. The second kappa shape index (κ2) is 8.84. The van der Waals surface area contributed by atoms with E-state index in [0.29, 0.717) is 29.4 Å². The maximum atomic E-state index is 13.4. The first kappa shape index (κ1) is 26.7. The lowest BCUT2D eigenvalue weighted by atomic mass is 9.48. The first-order valence-electron chi connectivity index (χ1n) is 12.9. The fraction of sp³-hybridized carbons (Fsp3) is 0.552. The van der Waals surface area contributed by atoms with Gasteiger partial charge in [0, 0.05) is 47.1 Å². The van der Waals surface area contributed by atoms with Crippen LogP contribution in [0.15, 0.2) is 41.6 Å². The topological polar surface area (TPSA) is 103 Å². The van der Waals surface area contributed by atoms with E-state index in [-0.39, 0.29) is 53.1 Å². The monoisotopic (exact) mass is 539 g/mol. The van der Waals surface area contributed by atoms with Crippen LogP contribution in [-0.4, -0.2) is 70.8 Å². The Morgan fingerprint density at radius 1 is 1.24 bits per heavy atom. The minimum atomic E-state index is -0.962. The van der Waals surface area contributed by atoms with E-state index in [1.54, 1.807) is 18.2 Å². The van der Waals surface area contributed by atoms with Crippen molar-refractivity contribution >= 4 is 23.5 Å². The number of carboxylic acid groups (broad SMARTS) is 1. The number of nitriles is 1. The summed E-state index contributed by atoms with van der Waals surface area (Å²) in [6.45, 7) is 13.9. The molecule has 2 heterocycles. The number of aliphatic carboxylic acids is 1. The van der Waals surface area contributed by atoms with E-state index in [1.807, 2.05) is 11.0 Å². The van der Waals surface area contributed by atoms with Crippen molar-refractivity contribution in [2.24, 2.45) is 16.2 Å². The summed E-state index contributed by atoms with van der Waals surface area (Å²) in [4.78, 5) is 28.5. The van der Waals surface area contributed by atoms with Crippen LogP contribution >= 0.6 is 11.6 Å². The number of benzene rings is 1. The van der Waals surface area contributed by atoms with Gasteiger partial charge in [-0.2, -0.15) is 5.26 Å². The number of likely N-dealkylation sites (tertiary alicyclic amines) is 1. The average Bonchev–Trinajstić information content (AvgIpc) is 3.13. The summed E-state index contributed by atoms with van der Waals surface area (Å²) in [5.41, 5.74) is 1.16. The third-order valence-corrected chi connectivity index (χ3v) is 9.43. The van der Waals surface area contributed by atoms with Gasteiger partial charge in [0.05, 0.1) is 28.3 Å². The van der Waals surface area contributed by atoms with Crippen LogP contribution in [0, 0.1) is 27.6 Å². The summed E-state index contributed by atoms with van der Waals surface area (Å²) in [5, 5.41) is 18.4. The number of carbonyl (C=O) groups excluding carboxylic acids is 1. The quantitative estimate of drug-likeness (QED) is 0.527. The lowest BCUT2D eigenvalue weighted by Gasteiger charge is -2.68. The van der Waals surface area contributed by atoms with Crippen molar-refractivity contribution in [2.75, 3.05) is 19.7 Å². The molecule has 1 saturated heterocycles. The van der Waals surface area contributed by atoms with Crippen LogP contribution in [0.4, 0.5) is 0 Å². The predicted molar refractivity (Wildman–Crippen MR) is 141 cm³/mol. The normalized spacial score (nSPS) is 30.2. The molecule has 0 radical (unpaired) electrons. The van der Waals surface area contributed by atoms with Gasteiger partial charge in [-0.3, -0.25) is 9.69 Å². The molecule has 9 heteroatoms. The van der Waals surface area contributed by atoms with Crippen molar-refractivity contribution in [3.05, 3.63) is 52.2 Å². The molecule has 2 fully saturated rings. The highest BCUT2D eigenvalue weighted by Crippen LogP contribution is 2.63. The minimum absolute atomic E-state index is 0.0458. The lowest BCUT2D eigenvalue weighted by Crippen LogP contribution is -2.77. The van der Waals surface area contributed by atoms with Crippen molar-refractivity contribution in [3.8, 4) is 11.8 Å². The van der Waals surface area contributed by atoms with Gasteiger partial charge < -0.3 is 19.5 Å². The van der Waals surface area contributed by atoms with Gasteiger partial charge in [0.1, 0.15) is 24.5 Å². The van der Waals surface area contributed by atoms with E-state index in [1.165, 1.54) is 0 Å². The molecule has 0 spiro atoms. The van der Waals surface area contributed by atoms with Crippen molar-refractivity contribution in [2.45, 2.75) is 65.8 Å². The first-order chi connectivity index (χ1) is 17.7. The molecule has 1 saturated carbocycles. The zero-order valence-electron chi connectivity index (χ0n) is 22.6. The standard InChI is InChI=1S/C29H34ClN3O5/c1-16(32-13-19(14-32)37-15-22(34)35)29(6)10-9-20-23(29)33(24(20)36)25-27(2,3)26(28(25,4)5)38-18-8-7-17(12-31)21(30)11-18/h7-11,16,19,25-26H,13-15H2,1-6H3,(H,34,35)/t16?,25?,26?,29-/m0/s1. The zero-order valence-corrected chi connectivity index (χ0v) is 23.4. The van der Waals surface area contributed by atoms with Crippen molar-refractivity contribution in [1.29, 1.82) is 5.26 Å². The number of rotatable bonds is 8. The summed E-state index contributed by atoms with van der Waals surface area (Å²) in [5.74, 6) is -0.313. The molecule has 1 N–H and O–H groups in total. The molecule has 38 heavy (non-hydrogen) atoms. The third kappa shape index (κ3) is 3.78. The molecule has 0 bridgehead atoms. The molecule has 2 aliphatic carbocycles. The smallest absolute Gasteiger partial charge is 0.329 e. The molecule has 1 unspecified atom stereocenters. The fourth-order valence-corrected chi connectivity index (χ4v) is 7.57. The summed E-state index contributed by atoms with van der Waals surface area (Å²) in [7, 11) is 0. The second-order valence-electron chi connectivity index (χ2n) is 12.3. The number of hydrogen-bond donors (Lipinski definition) is 1. The Labute approximate surface area is 228 Å². The number of carboxylic acids is 1. The minimum Gasteiger partial charge on any atom is -0.489 e. The van der Waals surface area contributed by atoms with E-state index in [2.05, 4.69) is 58.6 Å². The van der Waals surface area contributed by atoms with Gasteiger partial charge >= 0.3 is 5.97 Å². The van der Waals surface area contributed by atoms with Crippen molar-refractivity contribution in [3.63, 3.8) is 0 Å². The molecule has 2 aliphatic heterocycles. The first-order valence-corrected chi connectivity index (χ1v) is 13.3. The molecule has 1 aromatic carbocycles. The molecular weight excluding hydrogens is 506 g/mol. The van der Waals surface area contributed by atoms with Gasteiger partial charge in [-0.15, -0.1) is 0 Å². The lowest BCUT2D eigenvalue weighted by molar-refractivity contribution is -0.210. The Hall–Kier alpha value is -2.86. The van der Waals surface area contributed by atoms with Gasteiger partial charge in [0.2, 0.25) is 0 Å². The Kier molecular flexibility index (Phi) is 6.22. The molecule has 1 amide bonds. The summed E-state index contributed by atoms with van der Waals surface area (Å²) in [6.07, 6.45) is 3.82. The molecule has 0 aromatic heterocycles. The van der Waals surface area contributed by atoms with Crippen LogP contribution in [0.25, 0.3) is 0 Å². The van der Waals surface area contributed by atoms with Gasteiger partial charge in [0.25, 0.3) is 5.91 Å². The predicted octanol–water partition coefficient (Wildman–Crippen LogP) is 4.24. The van der Waals surface area contributed by atoms with Crippen LogP contribution in [0.1, 0.15) is 47.1 Å². The summed E-state index contributed by atoms with van der Waals surface area (Å²) >= 11 is 6.24. The van der Waals surface area contributed by atoms with E-state index < -0.39 is 5.97 Å². The largest absolute Gasteiger partial charge is 0.489 e. The van der Waals surface area contributed by atoms with Crippen LogP contribution < -0.4 is 4.74 Å². The molecule has 1 aromatic rings. The highest BCUT2D eigenvalue weighted by Gasteiger charge is 2.70. The summed E-state index contributed by atoms with van der Waals surface area (Å²) in [6, 6.07) is 7.20. The van der Waals surface area contributed by atoms with Crippen molar-refractivity contribution in [1.82, 2.24) is 9.80 Å². The van der Waals surface area contributed by atoms with Crippen LogP contribution in [-0.2, 0) is 14.3 Å². The Bertz CT molecular complexity index is 1290. The van der Waals surface area contributed by atoms with Gasteiger partial charge in [-0.05, 0) is 26.0 Å². The number of ether oxygens (including phenoxy) is 2. The highest BCUT2D eigenvalue weighted by atomic mass is 35.5. The van der Waals surface area contributed by atoms with Crippen LogP contribution in [0.5, 0.6) is 5.75 Å². The Balaban J connectivity index is 1.33. The van der Waals surface area contributed by atoms with Crippen molar-refractivity contribution < 1.29 is 24.2 Å². The SMILES string of the molecule is CC(N1CC(OCC(=O)O)C1)[C@]1(C)C=CC2=C1N(C1C(C)(C)C(Oc3ccc(C#N)c(Cl)c3)C1(C)C)C2=O. The highest BCUT2D eigenvalue weighted by molar-refractivity contribution is 6.31. The number of amides is 1. The van der Waals surface area contributed by atoms with E-state index in [9.17, 15) is 14.9 Å². The van der Waals surface area contributed by atoms with Gasteiger partial charge in [-0.1, -0.05) is 51.4 Å². The Morgan fingerprint density at radius 3 is 2.47 bits per heavy atom. The maximum absolute atomic E-state index is 13.4. The van der Waals surface area contributed by atoms with Gasteiger partial charge in [0.15, 0.2) is 0 Å². The molecular formula is C29H34ClN3O5. The van der Waals surface area contributed by atoms with Crippen LogP contribution in [0.3, 0.4) is 0 Å². The average molecular weight is 540 g/mol. The molecule has 202 valence electrons. The number of nitrogens with zero attached hydrogens (tertiary/aromatic N) is 3. The molecule has 2 atom stereocenters. The third-order valence-electron chi connectivity index (χ3n) is 9.12. The second-order valence-corrected chi connectivity index (χ2v) is 12.7. The molecule has 4 aliphatic rings. The van der Waals surface area contributed by atoms with E-state index in [0.717, 1.165) is 11.3 Å². The van der Waals surface area contributed by atoms with E-state index >= 15 is 0 Å². The Morgan fingerprint density at radius 2 is 1.89 bits per heavy atom. The van der Waals surface area contributed by atoms with Crippen LogP contribution in [0.2, 0.25) is 5.02 Å². The number of hydrogen-bond acceptors (Lipinski definition) is 6. The maximum Gasteiger partial charge on any atom is 0.329 e. The number of carbonyl (C=O) groups is 2. The number of halogens is 1. The fourth-order valence-electron chi connectivity index (χ4n) is 7.36.